The third kappa shape index (κ3) is 3.40. The molecule has 1 aliphatic heterocycles. The van der Waals surface area contributed by atoms with Crippen molar-refractivity contribution in [3.05, 3.63) is 57.2 Å². The van der Waals surface area contributed by atoms with E-state index in [4.69, 9.17) is 4.42 Å². The van der Waals surface area contributed by atoms with E-state index in [1.165, 1.54) is 35.0 Å². The van der Waals surface area contributed by atoms with Gasteiger partial charge in [-0.3, -0.25) is 14.3 Å². The minimum Gasteiger partial charge on any atom is -0.408 e. The highest BCUT2D eigenvalue weighted by Crippen LogP contribution is 2.26. The van der Waals surface area contributed by atoms with Crippen LogP contribution in [-0.4, -0.2) is 40.3 Å². The van der Waals surface area contributed by atoms with Crippen LogP contribution in [0.2, 0.25) is 0 Å². The minimum absolute atomic E-state index is 0.0636. The number of aromatic nitrogens is 3. The monoisotopic (exact) mass is 404 g/mol. The molecule has 0 unspecified atom stereocenters. The van der Waals surface area contributed by atoms with Gasteiger partial charge in [-0.15, -0.1) is 0 Å². The molecule has 0 atom stereocenters. The molecule has 3 aromatic rings. The summed E-state index contributed by atoms with van der Waals surface area (Å²) >= 11 is 0. The first-order chi connectivity index (χ1) is 13.3. The van der Waals surface area contributed by atoms with Crippen molar-refractivity contribution >= 4 is 21.1 Å². The van der Waals surface area contributed by atoms with E-state index in [0.29, 0.717) is 43.6 Å². The Labute approximate surface area is 160 Å². The number of H-pyrrole nitrogens is 1. The summed E-state index contributed by atoms with van der Waals surface area (Å²) in [6.45, 7) is 3.00. The van der Waals surface area contributed by atoms with Crippen LogP contribution in [0, 0.1) is 12.8 Å². The van der Waals surface area contributed by atoms with E-state index in [1.54, 1.807) is 11.5 Å². The molecule has 28 heavy (non-hydrogen) atoms. The summed E-state index contributed by atoms with van der Waals surface area (Å²) in [7, 11) is -3.68. The number of piperidine rings is 1. The molecule has 0 radical (unpaired) electrons. The molecule has 1 fully saturated rings. The van der Waals surface area contributed by atoms with Gasteiger partial charge in [0.25, 0.3) is 5.56 Å². The molecule has 0 amide bonds. The van der Waals surface area contributed by atoms with E-state index >= 15 is 0 Å². The number of rotatable bonds is 4. The number of benzene rings is 1. The molecule has 1 N–H and O–H groups in total. The maximum absolute atomic E-state index is 12.9. The Hall–Kier alpha value is -2.72. The number of nitrogens with zero attached hydrogens (tertiary/aromatic N) is 3. The summed E-state index contributed by atoms with van der Waals surface area (Å²) < 4.78 is 33.9. The zero-order valence-corrected chi connectivity index (χ0v) is 16.1. The molecule has 1 aliphatic rings. The van der Waals surface area contributed by atoms with Gasteiger partial charge in [-0.1, -0.05) is 0 Å². The van der Waals surface area contributed by atoms with Crippen molar-refractivity contribution in [2.45, 2.75) is 31.2 Å². The highest BCUT2D eigenvalue weighted by Gasteiger charge is 2.30. The minimum atomic E-state index is -3.68. The van der Waals surface area contributed by atoms with Crippen LogP contribution < -0.4 is 11.3 Å². The number of hydrogen-bond acceptors (Lipinski definition) is 6. The second-order valence-electron chi connectivity index (χ2n) is 7.05. The average molecular weight is 404 g/mol. The molecule has 2 aromatic heterocycles. The lowest BCUT2D eigenvalue weighted by molar-refractivity contribution is 0.250. The van der Waals surface area contributed by atoms with Gasteiger partial charge in [0.1, 0.15) is 0 Å². The fourth-order valence-corrected chi connectivity index (χ4v) is 5.02. The van der Waals surface area contributed by atoms with E-state index in [-0.39, 0.29) is 22.0 Å². The first-order valence-electron chi connectivity index (χ1n) is 8.98. The zero-order valence-electron chi connectivity index (χ0n) is 15.3. The third-order valence-electron chi connectivity index (χ3n) is 5.13. The SMILES string of the molecule is Cc1cncn(CC2CCN(S(=O)(=O)c3ccc4[nH]c(=O)oc4c3)CC2)c1=O. The van der Waals surface area contributed by atoms with Crippen LogP contribution >= 0.6 is 0 Å². The number of aryl methyl sites for hydroxylation is 1. The van der Waals surface area contributed by atoms with Crippen molar-refractivity contribution in [2.24, 2.45) is 5.92 Å². The lowest BCUT2D eigenvalue weighted by atomic mass is 9.98. The first-order valence-corrected chi connectivity index (χ1v) is 10.4. The normalized spacial score (nSPS) is 16.6. The highest BCUT2D eigenvalue weighted by atomic mass is 32.2. The van der Waals surface area contributed by atoms with E-state index in [9.17, 15) is 18.0 Å². The van der Waals surface area contributed by atoms with Gasteiger partial charge < -0.3 is 4.42 Å². The van der Waals surface area contributed by atoms with Crippen LogP contribution in [-0.2, 0) is 16.6 Å². The standard InChI is InChI=1S/C18H20N4O5S/c1-12-9-19-11-21(17(12)23)10-13-4-6-22(7-5-13)28(25,26)14-2-3-15-16(8-14)27-18(24)20-15/h2-3,8-9,11,13H,4-7,10H2,1H3,(H,20,24). The molecule has 0 bridgehead atoms. The van der Waals surface area contributed by atoms with Gasteiger partial charge in [0.05, 0.1) is 16.7 Å². The van der Waals surface area contributed by atoms with Crippen molar-refractivity contribution in [3.8, 4) is 0 Å². The summed E-state index contributed by atoms with van der Waals surface area (Å²) in [5, 5.41) is 0. The van der Waals surface area contributed by atoms with Gasteiger partial charge in [0.2, 0.25) is 10.0 Å². The largest absolute Gasteiger partial charge is 0.417 e. The topological polar surface area (TPSA) is 118 Å². The fraction of sp³-hybridized carbons (Fsp3) is 0.389. The Kier molecular flexibility index (Phi) is 4.68. The molecule has 0 spiro atoms. The third-order valence-corrected chi connectivity index (χ3v) is 7.03. The number of nitrogens with one attached hydrogen (secondary N) is 1. The Bertz CT molecular complexity index is 1230. The Balaban J connectivity index is 1.48. The maximum atomic E-state index is 12.9. The average Bonchev–Trinajstić information content (AvgIpc) is 3.05. The second kappa shape index (κ2) is 7.02. The van der Waals surface area contributed by atoms with Gasteiger partial charge >= 0.3 is 5.76 Å². The highest BCUT2D eigenvalue weighted by molar-refractivity contribution is 7.89. The molecule has 1 saturated heterocycles. The van der Waals surface area contributed by atoms with Gasteiger partial charge in [-0.2, -0.15) is 4.31 Å². The number of sulfonamides is 1. The van der Waals surface area contributed by atoms with Crippen LogP contribution in [0.1, 0.15) is 18.4 Å². The predicted molar refractivity (Wildman–Crippen MR) is 102 cm³/mol. The first kappa shape index (κ1) is 18.6. The molecule has 0 saturated carbocycles. The lowest BCUT2D eigenvalue weighted by Gasteiger charge is -2.31. The Morgan fingerprint density at radius 2 is 2.00 bits per heavy atom. The number of aromatic amines is 1. The van der Waals surface area contributed by atoms with E-state index in [2.05, 4.69) is 9.97 Å². The smallest absolute Gasteiger partial charge is 0.408 e. The maximum Gasteiger partial charge on any atom is 0.417 e. The van der Waals surface area contributed by atoms with Crippen LogP contribution in [0.4, 0.5) is 0 Å². The second-order valence-corrected chi connectivity index (χ2v) is 8.99. The molecule has 0 aliphatic carbocycles. The summed E-state index contributed by atoms with van der Waals surface area (Å²) in [6, 6.07) is 4.36. The van der Waals surface area contributed by atoms with Crippen molar-refractivity contribution in [3.63, 3.8) is 0 Å². The van der Waals surface area contributed by atoms with Crippen molar-refractivity contribution in [1.29, 1.82) is 0 Å². The molecule has 3 heterocycles. The summed E-state index contributed by atoms with van der Waals surface area (Å²) in [5.41, 5.74) is 1.20. The molecule has 10 heteroatoms. The van der Waals surface area contributed by atoms with Crippen molar-refractivity contribution in [2.75, 3.05) is 13.1 Å². The molecular formula is C18H20N4O5S. The lowest BCUT2D eigenvalue weighted by Crippen LogP contribution is -2.40. The van der Waals surface area contributed by atoms with Gasteiger partial charge in [-0.25, -0.2) is 18.2 Å². The van der Waals surface area contributed by atoms with Crippen LogP contribution in [0.5, 0.6) is 0 Å². The van der Waals surface area contributed by atoms with Crippen molar-refractivity contribution in [1.82, 2.24) is 18.8 Å². The van der Waals surface area contributed by atoms with Crippen LogP contribution in [0.3, 0.4) is 0 Å². The number of fused-ring (bicyclic) bond motifs is 1. The molecule has 4 rings (SSSR count). The number of hydrogen-bond donors (Lipinski definition) is 1. The summed E-state index contributed by atoms with van der Waals surface area (Å²) in [4.78, 5) is 30.1. The van der Waals surface area contributed by atoms with E-state index in [1.807, 2.05) is 0 Å². The molecule has 148 valence electrons. The summed E-state index contributed by atoms with van der Waals surface area (Å²) in [5.74, 6) is -0.413. The number of oxazole rings is 1. The van der Waals surface area contributed by atoms with Crippen LogP contribution in [0.15, 0.2) is 49.6 Å². The Morgan fingerprint density at radius 1 is 1.25 bits per heavy atom. The van der Waals surface area contributed by atoms with E-state index in [0.717, 1.165) is 0 Å². The predicted octanol–water partition coefficient (Wildman–Crippen LogP) is 1.09. The van der Waals surface area contributed by atoms with Crippen molar-refractivity contribution < 1.29 is 12.8 Å². The van der Waals surface area contributed by atoms with Gasteiger partial charge in [-0.05, 0) is 37.8 Å². The fourth-order valence-electron chi connectivity index (χ4n) is 3.54. The molecular weight excluding hydrogens is 384 g/mol. The molecule has 9 nitrogen and oxygen atoms in total. The van der Waals surface area contributed by atoms with Gasteiger partial charge in [0, 0.05) is 37.5 Å². The Morgan fingerprint density at radius 3 is 2.75 bits per heavy atom. The van der Waals surface area contributed by atoms with Gasteiger partial charge in [0.15, 0.2) is 5.58 Å². The van der Waals surface area contributed by atoms with E-state index < -0.39 is 15.8 Å². The summed E-state index contributed by atoms with van der Waals surface area (Å²) in [6.07, 6.45) is 4.37. The van der Waals surface area contributed by atoms with Crippen LogP contribution in [0.25, 0.3) is 11.1 Å². The zero-order chi connectivity index (χ0) is 19.9. The quantitative estimate of drug-likeness (QED) is 0.695. The molecule has 1 aromatic carbocycles.